The number of fused-ring (bicyclic) bond motifs is 1. The molecule has 1 saturated carbocycles. The lowest BCUT2D eigenvalue weighted by molar-refractivity contribution is 0.273. The minimum atomic E-state index is -0.00458. The molecule has 2 unspecified atom stereocenters. The van der Waals surface area contributed by atoms with E-state index in [-0.39, 0.29) is 18.6 Å². The fourth-order valence-electron chi connectivity index (χ4n) is 3.64. The monoisotopic (exact) mass is 481 g/mol. The van der Waals surface area contributed by atoms with Crippen molar-refractivity contribution in [3.05, 3.63) is 82.0 Å². The van der Waals surface area contributed by atoms with Crippen molar-refractivity contribution in [3.63, 3.8) is 0 Å². The summed E-state index contributed by atoms with van der Waals surface area (Å²) in [4.78, 5) is 10.5. The van der Waals surface area contributed by atoms with E-state index in [1.165, 1.54) is 17.7 Å². The van der Waals surface area contributed by atoms with E-state index in [0.717, 1.165) is 37.6 Å². The van der Waals surface area contributed by atoms with Crippen LogP contribution in [0, 0.1) is 0 Å². The number of hydrogen-bond acceptors (Lipinski definition) is 6. The summed E-state index contributed by atoms with van der Waals surface area (Å²) in [6, 6.07) is 16.3. The molecule has 0 aliphatic heterocycles. The highest BCUT2D eigenvalue weighted by atomic mass is 35.5. The second-order valence-electron chi connectivity index (χ2n) is 8.17. The van der Waals surface area contributed by atoms with Crippen molar-refractivity contribution in [1.82, 2.24) is 14.7 Å². The summed E-state index contributed by atoms with van der Waals surface area (Å²) in [5.74, 6) is 0.0706. The predicted molar refractivity (Wildman–Crippen MR) is 135 cm³/mol. The van der Waals surface area contributed by atoms with Gasteiger partial charge in [0.25, 0.3) is 0 Å². The molecule has 32 heavy (non-hydrogen) atoms. The third-order valence-corrected chi connectivity index (χ3v) is 8.45. The summed E-state index contributed by atoms with van der Waals surface area (Å²) in [6.45, 7) is 2.13. The van der Waals surface area contributed by atoms with Crippen molar-refractivity contribution in [1.29, 1.82) is 0 Å². The van der Waals surface area contributed by atoms with Crippen molar-refractivity contribution in [2.24, 2.45) is 0 Å². The summed E-state index contributed by atoms with van der Waals surface area (Å²) in [5, 5.41) is 11.0. The zero-order valence-electron chi connectivity index (χ0n) is 17.7. The number of aliphatic hydroxyl groups excluding tert-OH is 1. The molecule has 0 radical (unpaired) electrons. The topological polar surface area (TPSA) is 58.0 Å². The zero-order valence-corrected chi connectivity index (χ0v) is 20.1. The lowest BCUT2D eigenvalue weighted by Gasteiger charge is -2.18. The highest BCUT2D eigenvalue weighted by Gasteiger charge is 2.26. The number of aromatic nitrogens is 2. The molecule has 1 aliphatic rings. The fraction of sp³-hybridized carbons (Fsp3) is 0.280. The standard InChI is InChI=1S/C25H24ClN3OS2/c1-15(14-30)16-8-10-27-21(12-16)19-9-11-28-22-13-23(31-25(19)22)24(29-32-17-6-7-17)18-4-2-3-5-20(18)26/h2-5,8-13,15,17,24,29-30H,6-7,14H2,1H3. The number of nitrogens with zero attached hydrogens (tertiary/aromatic N) is 2. The average Bonchev–Trinajstić information content (AvgIpc) is 3.55. The molecule has 3 heterocycles. The first-order chi connectivity index (χ1) is 15.6. The fourth-order valence-corrected chi connectivity index (χ4v) is 6.12. The van der Waals surface area contributed by atoms with Crippen LogP contribution in [-0.2, 0) is 0 Å². The molecule has 2 atom stereocenters. The third-order valence-electron chi connectivity index (χ3n) is 5.71. The van der Waals surface area contributed by atoms with Crippen molar-refractivity contribution in [2.75, 3.05) is 6.61 Å². The van der Waals surface area contributed by atoms with Crippen LogP contribution in [0.2, 0.25) is 5.02 Å². The number of thiophene rings is 1. The molecule has 0 spiro atoms. The smallest absolute Gasteiger partial charge is 0.0820 e. The molecule has 4 aromatic rings. The Balaban J connectivity index is 1.57. The first kappa shape index (κ1) is 21.9. The third kappa shape index (κ3) is 4.56. The number of nitrogens with one attached hydrogen (secondary N) is 1. The molecular formula is C25H24ClN3OS2. The molecule has 4 nitrogen and oxygen atoms in total. The first-order valence-corrected chi connectivity index (χ1v) is 12.8. The molecule has 0 bridgehead atoms. The maximum atomic E-state index is 9.56. The first-order valence-electron chi connectivity index (χ1n) is 10.7. The second-order valence-corrected chi connectivity index (χ2v) is 10.8. The highest BCUT2D eigenvalue weighted by molar-refractivity contribution is 7.98. The lowest BCUT2D eigenvalue weighted by Crippen LogP contribution is -2.15. The van der Waals surface area contributed by atoms with Gasteiger partial charge in [-0.2, -0.15) is 0 Å². The molecular weight excluding hydrogens is 458 g/mol. The van der Waals surface area contributed by atoms with Gasteiger partial charge in [-0.25, -0.2) is 0 Å². The van der Waals surface area contributed by atoms with Gasteiger partial charge in [-0.05, 0) is 54.3 Å². The van der Waals surface area contributed by atoms with Gasteiger partial charge in [0, 0.05) is 45.6 Å². The SMILES string of the molecule is CC(CO)c1ccnc(-c2ccnc3cc(C(NSC4CC4)c4ccccc4Cl)sc23)c1. The number of halogens is 1. The van der Waals surface area contributed by atoms with Gasteiger partial charge in [0.1, 0.15) is 0 Å². The van der Waals surface area contributed by atoms with Crippen LogP contribution in [0.4, 0.5) is 0 Å². The predicted octanol–water partition coefficient (Wildman–Crippen LogP) is 6.60. The summed E-state index contributed by atoms with van der Waals surface area (Å²) in [5.41, 5.74) is 5.08. The van der Waals surface area contributed by atoms with Crippen LogP contribution in [0.15, 0.2) is 60.9 Å². The van der Waals surface area contributed by atoms with Crippen molar-refractivity contribution in [3.8, 4) is 11.3 Å². The Hall–Kier alpha value is -1.96. The van der Waals surface area contributed by atoms with Crippen LogP contribution in [-0.4, -0.2) is 26.9 Å². The van der Waals surface area contributed by atoms with Crippen molar-refractivity contribution < 1.29 is 5.11 Å². The van der Waals surface area contributed by atoms with Gasteiger partial charge < -0.3 is 5.11 Å². The van der Waals surface area contributed by atoms with Crippen LogP contribution >= 0.6 is 34.9 Å². The van der Waals surface area contributed by atoms with Crippen LogP contribution in [0.25, 0.3) is 21.5 Å². The van der Waals surface area contributed by atoms with E-state index in [2.05, 4.69) is 32.9 Å². The summed E-state index contributed by atoms with van der Waals surface area (Å²) >= 11 is 10.1. The number of pyridine rings is 2. The van der Waals surface area contributed by atoms with Gasteiger partial charge in [-0.3, -0.25) is 14.7 Å². The van der Waals surface area contributed by atoms with Gasteiger partial charge >= 0.3 is 0 Å². The van der Waals surface area contributed by atoms with Crippen LogP contribution < -0.4 is 4.72 Å². The quantitative estimate of drug-likeness (QED) is 0.278. The highest BCUT2D eigenvalue weighted by Crippen LogP contribution is 2.41. The van der Waals surface area contributed by atoms with E-state index >= 15 is 0 Å². The number of hydrogen-bond donors (Lipinski definition) is 2. The number of benzene rings is 1. The van der Waals surface area contributed by atoms with E-state index in [1.54, 1.807) is 11.3 Å². The summed E-state index contributed by atoms with van der Waals surface area (Å²) in [6.07, 6.45) is 6.19. The normalized spacial score (nSPS) is 15.7. The largest absolute Gasteiger partial charge is 0.396 e. The van der Waals surface area contributed by atoms with Crippen LogP contribution in [0.1, 0.15) is 47.7 Å². The average molecular weight is 482 g/mol. The zero-order chi connectivity index (χ0) is 22.1. The minimum Gasteiger partial charge on any atom is -0.396 e. The van der Waals surface area contributed by atoms with E-state index < -0.39 is 0 Å². The minimum absolute atomic E-state index is 0.00458. The number of rotatable bonds is 8. The maximum absolute atomic E-state index is 9.56. The van der Waals surface area contributed by atoms with E-state index in [9.17, 15) is 5.11 Å². The molecule has 5 rings (SSSR count). The molecule has 0 amide bonds. The molecule has 1 aliphatic carbocycles. The molecule has 7 heteroatoms. The van der Waals surface area contributed by atoms with E-state index in [4.69, 9.17) is 11.6 Å². The van der Waals surface area contributed by atoms with Crippen molar-refractivity contribution in [2.45, 2.75) is 37.0 Å². The Morgan fingerprint density at radius 1 is 1.16 bits per heavy atom. The summed E-state index contributed by atoms with van der Waals surface area (Å²) < 4.78 is 4.79. The molecule has 164 valence electrons. The van der Waals surface area contributed by atoms with Crippen LogP contribution in [0.3, 0.4) is 0 Å². The maximum Gasteiger partial charge on any atom is 0.0820 e. The van der Waals surface area contributed by atoms with Gasteiger partial charge in [0.05, 0.1) is 22.0 Å². The van der Waals surface area contributed by atoms with E-state index in [1.807, 2.05) is 61.6 Å². The van der Waals surface area contributed by atoms with Crippen LogP contribution in [0.5, 0.6) is 0 Å². The molecule has 0 saturated heterocycles. The van der Waals surface area contributed by atoms with Gasteiger partial charge in [-0.1, -0.05) is 48.7 Å². The van der Waals surface area contributed by atoms with Crippen molar-refractivity contribution >= 4 is 45.1 Å². The Labute approximate surface area is 201 Å². The molecule has 3 aromatic heterocycles. The summed E-state index contributed by atoms with van der Waals surface area (Å²) in [7, 11) is 0. The Morgan fingerprint density at radius 2 is 1.97 bits per heavy atom. The number of aliphatic hydroxyl groups is 1. The Morgan fingerprint density at radius 3 is 2.75 bits per heavy atom. The van der Waals surface area contributed by atoms with Gasteiger partial charge in [0.15, 0.2) is 0 Å². The Bertz CT molecular complexity index is 1240. The Kier molecular flexibility index (Phi) is 6.49. The molecule has 1 fully saturated rings. The molecule has 1 aromatic carbocycles. The lowest BCUT2D eigenvalue weighted by atomic mass is 10.0. The van der Waals surface area contributed by atoms with Gasteiger partial charge in [0.2, 0.25) is 0 Å². The van der Waals surface area contributed by atoms with Gasteiger partial charge in [-0.15, -0.1) is 11.3 Å². The molecule has 2 N–H and O–H groups in total. The second kappa shape index (κ2) is 9.49. The van der Waals surface area contributed by atoms with E-state index in [0.29, 0.717) is 5.25 Å².